The molecule has 2 aliphatic rings. The zero-order valence-electron chi connectivity index (χ0n) is 11.0. The highest BCUT2D eigenvalue weighted by molar-refractivity contribution is 9.11. The van der Waals surface area contributed by atoms with Crippen LogP contribution in [0.3, 0.4) is 0 Å². The highest BCUT2D eigenvalue weighted by Gasteiger charge is 2.53. The minimum absolute atomic E-state index is 0.0419. The quantitative estimate of drug-likeness (QED) is 0.726. The number of hydrogen-bond donors (Lipinski definition) is 2. The number of rotatable bonds is 2. The molecule has 2 aliphatic heterocycles. The molecule has 3 heterocycles. The Labute approximate surface area is 133 Å². The molecule has 1 aromatic rings. The van der Waals surface area contributed by atoms with Gasteiger partial charge in [0.2, 0.25) is 10.0 Å². The molecule has 1 unspecified atom stereocenters. The third-order valence-electron chi connectivity index (χ3n) is 3.71. The number of hydrogen-bond acceptors (Lipinski definition) is 5. The van der Waals surface area contributed by atoms with Crippen LogP contribution in [0.15, 0.2) is 14.7 Å². The molecule has 0 aliphatic carbocycles. The second-order valence-electron chi connectivity index (χ2n) is 5.05. The maximum Gasteiger partial charge on any atom is 0.322 e. The average molecular weight is 394 g/mol. The molecule has 0 radical (unpaired) electrons. The normalized spacial score (nSPS) is 26.4. The Hall–Kier alpha value is -0.970. The number of imide groups is 1. The van der Waals surface area contributed by atoms with Gasteiger partial charge in [0, 0.05) is 18.0 Å². The van der Waals surface area contributed by atoms with Crippen LogP contribution in [0.25, 0.3) is 0 Å². The Morgan fingerprint density at radius 2 is 2.14 bits per heavy atom. The van der Waals surface area contributed by atoms with E-state index in [1.165, 1.54) is 15.6 Å². The van der Waals surface area contributed by atoms with Crippen LogP contribution < -0.4 is 10.6 Å². The van der Waals surface area contributed by atoms with Gasteiger partial charge in [0.25, 0.3) is 5.91 Å². The summed E-state index contributed by atoms with van der Waals surface area (Å²) in [6.07, 6.45) is 0.272. The van der Waals surface area contributed by atoms with Crippen LogP contribution in [-0.2, 0) is 14.8 Å². The fourth-order valence-corrected chi connectivity index (χ4v) is 6.50. The number of carbonyl (C=O) groups is 2. The maximum atomic E-state index is 12.7. The minimum atomic E-state index is -3.67. The fourth-order valence-electron chi connectivity index (χ4n) is 2.62. The Balaban J connectivity index is 1.91. The molecule has 114 valence electrons. The molecule has 0 bridgehead atoms. The Kier molecular flexibility index (Phi) is 3.39. The first-order valence-electron chi connectivity index (χ1n) is 6.14. The summed E-state index contributed by atoms with van der Waals surface area (Å²) in [6.45, 7) is 1.89. The smallest absolute Gasteiger partial charge is 0.322 e. The topological polar surface area (TPSA) is 95.6 Å². The number of nitrogens with one attached hydrogen (secondary N) is 2. The summed E-state index contributed by atoms with van der Waals surface area (Å²) in [4.78, 5) is 24.1. The van der Waals surface area contributed by atoms with Gasteiger partial charge < -0.3 is 5.32 Å². The molecule has 10 heteroatoms. The van der Waals surface area contributed by atoms with Crippen LogP contribution in [0.1, 0.15) is 11.3 Å². The molecular weight excluding hydrogens is 382 g/mol. The van der Waals surface area contributed by atoms with Crippen LogP contribution in [-0.4, -0.2) is 43.3 Å². The number of amides is 3. The van der Waals surface area contributed by atoms with Crippen molar-refractivity contribution >= 4 is 49.2 Å². The van der Waals surface area contributed by atoms with E-state index in [-0.39, 0.29) is 24.4 Å². The predicted molar refractivity (Wildman–Crippen MR) is 79.5 cm³/mol. The number of nitrogens with zero attached hydrogens (tertiary/aromatic N) is 1. The van der Waals surface area contributed by atoms with Gasteiger partial charge in [-0.2, -0.15) is 4.31 Å². The van der Waals surface area contributed by atoms with Gasteiger partial charge in [0.15, 0.2) is 0 Å². The Morgan fingerprint density at radius 1 is 1.43 bits per heavy atom. The fraction of sp³-hybridized carbons (Fsp3) is 0.455. The number of aryl methyl sites for hydroxylation is 1. The van der Waals surface area contributed by atoms with Crippen LogP contribution in [0.2, 0.25) is 0 Å². The summed E-state index contributed by atoms with van der Waals surface area (Å²) in [6, 6.07) is 0.988. The zero-order chi connectivity index (χ0) is 15.4. The second kappa shape index (κ2) is 4.77. The molecule has 1 aromatic heterocycles. The van der Waals surface area contributed by atoms with E-state index in [0.717, 1.165) is 3.79 Å². The molecule has 1 spiro atoms. The minimum Gasteiger partial charge on any atom is -0.322 e. The van der Waals surface area contributed by atoms with E-state index >= 15 is 0 Å². The van der Waals surface area contributed by atoms with E-state index in [2.05, 4.69) is 26.6 Å². The molecule has 0 aromatic carbocycles. The van der Waals surface area contributed by atoms with E-state index in [1.807, 2.05) is 0 Å². The van der Waals surface area contributed by atoms with Crippen LogP contribution >= 0.6 is 27.3 Å². The van der Waals surface area contributed by atoms with Gasteiger partial charge in [0.05, 0.1) is 8.68 Å². The molecular formula is C11H12BrN3O4S2. The van der Waals surface area contributed by atoms with Crippen molar-refractivity contribution in [3.8, 4) is 0 Å². The van der Waals surface area contributed by atoms with Crippen molar-refractivity contribution in [1.29, 1.82) is 0 Å². The number of halogens is 1. The van der Waals surface area contributed by atoms with Crippen LogP contribution in [0.4, 0.5) is 4.79 Å². The molecule has 21 heavy (non-hydrogen) atoms. The summed E-state index contributed by atoms with van der Waals surface area (Å²) < 4.78 is 27.3. The van der Waals surface area contributed by atoms with Gasteiger partial charge in [-0.1, -0.05) is 0 Å². The Bertz CT molecular complexity index is 745. The van der Waals surface area contributed by atoms with Crippen molar-refractivity contribution in [3.05, 3.63) is 14.7 Å². The number of sulfonamides is 1. The number of carbonyl (C=O) groups excluding carboxylic acids is 2. The standard InChI is InChI=1S/C11H12BrN3O4S2/c1-6-7(4-8(12)20-6)21(18,19)15-3-2-11(5-15)9(16)13-10(17)14-11/h4H,2-3,5H2,1H3,(H2,13,14,16,17). The third kappa shape index (κ3) is 2.30. The molecule has 2 saturated heterocycles. The van der Waals surface area contributed by atoms with Crippen molar-refractivity contribution in [3.63, 3.8) is 0 Å². The predicted octanol–water partition coefficient (Wildman–Crippen LogP) is 0.792. The zero-order valence-corrected chi connectivity index (χ0v) is 14.2. The molecule has 2 fully saturated rings. The first kappa shape index (κ1) is 14.9. The van der Waals surface area contributed by atoms with Crippen molar-refractivity contribution in [2.24, 2.45) is 0 Å². The van der Waals surface area contributed by atoms with Gasteiger partial charge in [-0.3, -0.25) is 10.1 Å². The largest absolute Gasteiger partial charge is 0.322 e. The molecule has 2 N–H and O–H groups in total. The average Bonchev–Trinajstić information content (AvgIpc) is 3.01. The van der Waals surface area contributed by atoms with E-state index in [9.17, 15) is 18.0 Å². The second-order valence-corrected chi connectivity index (χ2v) is 9.59. The van der Waals surface area contributed by atoms with Crippen LogP contribution in [0.5, 0.6) is 0 Å². The van der Waals surface area contributed by atoms with E-state index < -0.39 is 27.5 Å². The first-order valence-corrected chi connectivity index (χ1v) is 9.19. The van der Waals surface area contributed by atoms with Gasteiger partial charge in [-0.15, -0.1) is 11.3 Å². The first-order chi connectivity index (χ1) is 9.74. The highest BCUT2D eigenvalue weighted by atomic mass is 79.9. The lowest BCUT2D eigenvalue weighted by molar-refractivity contribution is -0.123. The highest BCUT2D eigenvalue weighted by Crippen LogP contribution is 2.35. The lowest BCUT2D eigenvalue weighted by Crippen LogP contribution is -2.49. The summed E-state index contributed by atoms with van der Waals surface area (Å²) in [7, 11) is -3.67. The molecule has 3 amide bonds. The molecule has 3 rings (SSSR count). The maximum absolute atomic E-state index is 12.7. The van der Waals surface area contributed by atoms with Gasteiger partial charge >= 0.3 is 6.03 Å². The summed E-state index contributed by atoms with van der Waals surface area (Å²) in [5, 5.41) is 4.70. The van der Waals surface area contributed by atoms with Crippen molar-refractivity contribution in [1.82, 2.24) is 14.9 Å². The molecule has 1 atom stereocenters. The summed E-state index contributed by atoms with van der Waals surface area (Å²) in [5.74, 6) is -0.464. The van der Waals surface area contributed by atoms with Crippen molar-refractivity contribution in [2.75, 3.05) is 13.1 Å². The number of urea groups is 1. The van der Waals surface area contributed by atoms with E-state index in [1.54, 1.807) is 13.0 Å². The van der Waals surface area contributed by atoms with Crippen LogP contribution in [0, 0.1) is 6.92 Å². The Morgan fingerprint density at radius 3 is 2.67 bits per heavy atom. The van der Waals surface area contributed by atoms with E-state index in [0.29, 0.717) is 4.88 Å². The molecule has 7 nitrogen and oxygen atoms in total. The lowest BCUT2D eigenvalue weighted by Gasteiger charge is -2.20. The van der Waals surface area contributed by atoms with Gasteiger partial charge in [-0.05, 0) is 35.3 Å². The van der Waals surface area contributed by atoms with Crippen molar-refractivity contribution in [2.45, 2.75) is 23.8 Å². The van der Waals surface area contributed by atoms with Gasteiger partial charge in [0.1, 0.15) is 5.54 Å². The third-order valence-corrected chi connectivity index (χ3v) is 7.36. The monoisotopic (exact) mass is 393 g/mol. The number of thiophene rings is 1. The van der Waals surface area contributed by atoms with Gasteiger partial charge in [-0.25, -0.2) is 13.2 Å². The summed E-state index contributed by atoms with van der Waals surface area (Å²) >= 11 is 4.62. The van der Waals surface area contributed by atoms with E-state index in [4.69, 9.17) is 0 Å². The summed E-state index contributed by atoms with van der Waals surface area (Å²) in [5.41, 5.74) is -1.13. The lowest BCUT2D eigenvalue weighted by atomic mass is 10.00. The van der Waals surface area contributed by atoms with Crippen molar-refractivity contribution < 1.29 is 18.0 Å². The molecule has 0 saturated carbocycles. The SMILES string of the molecule is Cc1sc(Br)cc1S(=O)(=O)N1CCC2(C1)NC(=O)NC2=O.